The summed E-state index contributed by atoms with van der Waals surface area (Å²) in [6, 6.07) is 8.06. The number of carbonyl (C=O) groups is 1. The van der Waals surface area contributed by atoms with Crippen molar-refractivity contribution in [2.75, 3.05) is 6.54 Å². The highest BCUT2D eigenvalue weighted by atomic mass is 19.1. The van der Waals surface area contributed by atoms with Crippen LogP contribution in [0, 0.1) is 5.82 Å². The van der Waals surface area contributed by atoms with Crippen molar-refractivity contribution in [3.63, 3.8) is 0 Å². The highest BCUT2D eigenvalue weighted by molar-refractivity contribution is 5.75. The third-order valence-corrected chi connectivity index (χ3v) is 3.27. The molecule has 1 aromatic carbocycles. The van der Waals surface area contributed by atoms with Crippen LogP contribution in [0.25, 0.3) is 5.69 Å². The van der Waals surface area contributed by atoms with Crippen molar-refractivity contribution in [3.8, 4) is 5.69 Å². The standard InChI is InChI=1S/C16H21FN4O/c1-12(18)2-7-16(22)19-10-8-14-9-11-21(20-14)15-5-3-13(17)4-6-15/h3-6,9,11-12H,2,7-8,10,18H2,1H3,(H,19,22). The molecule has 0 bridgehead atoms. The van der Waals surface area contributed by atoms with Crippen LogP contribution in [0.1, 0.15) is 25.5 Å². The van der Waals surface area contributed by atoms with Crippen LogP contribution in [0.2, 0.25) is 0 Å². The minimum atomic E-state index is -0.273. The first kappa shape index (κ1) is 16.2. The number of nitrogens with two attached hydrogens (primary N) is 1. The Hall–Kier alpha value is -2.21. The van der Waals surface area contributed by atoms with Gasteiger partial charge in [-0.15, -0.1) is 0 Å². The van der Waals surface area contributed by atoms with Gasteiger partial charge < -0.3 is 11.1 Å². The highest BCUT2D eigenvalue weighted by Gasteiger charge is 2.05. The van der Waals surface area contributed by atoms with Crippen LogP contribution in [-0.2, 0) is 11.2 Å². The fourth-order valence-electron chi connectivity index (χ4n) is 2.01. The van der Waals surface area contributed by atoms with E-state index in [4.69, 9.17) is 5.73 Å². The number of nitrogens with one attached hydrogen (secondary N) is 1. The van der Waals surface area contributed by atoms with Crippen molar-refractivity contribution in [2.24, 2.45) is 5.73 Å². The zero-order valence-corrected chi connectivity index (χ0v) is 12.6. The average Bonchev–Trinajstić information content (AvgIpc) is 2.95. The molecule has 0 saturated heterocycles. The lowest BCUT2D eigenvalue weighted by Gasteiger charge is -2.06. The molecule has 0 aliphatic heterocycles. The van der Waals surface area contributed by atoms with Crippen molar-refractivity contribution in [1.82, 2.24) is 15.1 Å². The fourth-order valence-corrected chi connectivity index (χ4v) is 2.01. The fraction of sp³-hybridized carbons (Fsp3) is 0.375. The topological polar surface area (TPSA) is 72.9 Å². The number of aromatic nitrogens is 2. The van der Waals surface area contributed by atoms with E-state index in [2.05, 4.69) is 10.4 Å². The molecule has 0 aliphatic rings. The van der Waals surface area contributed by atoms with E-state index in [1.165, 1.54) is 12.1 Å². The van der Waals surface area contributed by atoms with Crippen LogP contribution in [0.15, 0.2) is 36.5 Å². The summed E-state index contributed by atoms with van der Waals surface area (Å²) in [4.78, 5) is 11.6. The minimum absolute atomic E-state index is 0.00951. The molecule has 118 valence electrons. The Bertz CT molecular complexity index is 607. The Morgan fingerprint density at radius 3 is 2.77 bits per heavy atom. The number of hydrogen-bond donors (Lipinski definition) is 2. The predicted octanol–water partition coefficient (Wildman–Crippen LogP) is 1.80. The maximum absolute atomic E-state index is 12.9. The van der Waals surface area contributed by atoms with Crippen LogP contribution in [0.4, 0.5) is 4.39 Å². The van der Waals surface area contributed by atoms with E-state index in [1.54, 1.807) is 16.8 Å². The monoisotopic (exact) mass is 304 g/mol. The van der Waals surface area contributed by atoms with Gasteiger partial charge in [-0.2, -0.15) is 5.10 Å². The number of hydrogen-bond acceptors (Lipinski definition) is 3. The quantitative estimate of drug-likeness (QED) is 0.819. The summed E-state index contributed by atoms with van der Waals surface area (Å²) < 4.78 is 14.6. The number of amides is 1. The molecule has 5 nitrogen and oxygen atoms in total. The summed E-state index contributed by atoms with van der Waals surface area (Å²) in [6.45, 7) is 2.42. The summed E-state index contributed by atoms with van der Waals surface area (Å²) in [5.74, 6) is -0.263. The molecule has 3 N–H and O–H groups in total. The molecule has 0 aliphatic carbocycles. The Labute approximate surface area is 129 Å². The molecular weight excluding hydrogens is 283 g/mol. The van der Waals surface area contributed by atoms with Gasteiger partial charge in [0.15, 0.2) is 0 Å². The average molecular weight is 304 g/mol. The van der Waals surface area contributed by atoms with Crippen molar-refractivity contribution in [3.05, 3.63) is 48.0 Å². The predicted molar refractivity (Wildman–Crippen MR) is 83.1 cm³/mol. The van der Waals surface area contributed by atoms with Crippen molar-refractivity contribution in [1.29, 1.82) is 0 Å². The molecule has 22 heavy (non-hydrogen) atoms. The summed E-state index contributed by atoms with van der Waals surface area (Å²) in [7, 11) is 0. The second-order valence-electron chi connectivity index (χ2n) is 5.34. The number of halogens is 1. The molecule has 6 heteroatoms. The smallest absolute Gasteiger partial charge is 0.220 e. The lowest BCUT2D eigenvalue weighted by atomic mass is 10.2. The Balaban J connectivity index is 1.80. The van der Waals surface area contributed by atoms with Gasteiger partial charge in [-0.25, -0.2) is 9.07 Å². The van der Waals surface area contributed by atoms with Gasteiger partial charge in [-0.1, -0.05) is 0 Å². The first-order chi connectivity index (χ1) is 10.5. The molecule has 0 spiro atoms. The third-order valence-electron chi connectivity index (χ3n) is 3.27. The van der Waals surface area contributed by atoms with Gasteiger partial charge in [0.1, 0.15) is 5.82 Å². The number of benzene rings is 1. The zero-order chi connectivity index (χ0) is 15.9. The molecule has 2 rings (SSSR count). The van der Waals surface area contributed by atoms with Gasteiger partial charge in [-0.3, -0.25) is 4.79 Å². The molecule has 1 unspecified atom stereocenters. The molecule has 0 radical (unpaired) electrons. The van der Waals surface area contributed by atoms with Crippen molar-refractivity contribution < 1.29 is 9.18 Å². The van der Waals surface area contributed by atoms with E-state index in [9.17, 15) is 9.18 Å². The molecule has 0 fully saturated rings. The first-order valence-electron chi connectivity index (χ1n) is 7.37. The number of carbonyl (C=O) groups excluding carboxylic acids is 1. The molecule has 0 saturated carbocycles. The van der Waals surface area contributed by atoms with E-state index in [0.717, 1.165) is 11.4 Å². The van der Waals surface area contributed by atoms with Gasteiger partial charge >= 0.3 is 0 Å². The van der Waals surface area contributed by atoms with Gasteiger partial charge in [0.05, 0.1) is 11.4 Å². The normalized spacial score (nSPS) is 12.1. The maximum Gasteiger partial charge on any atom is 0.220 e. The Kier molecular flexibility index (Phi) is 5.66. The van der Waals surface area contributed by atoms with E-state index < -0.39 is 0 Å². The number of nitrogens with zero attached hydrogens (tertiary/aromatic N) is 2. The van der Waals surface area contributed by atoms with Gasteiger partial charge in [0.25, 0.3) is 0 Å². The van der Waals surface area contributed by atoms with Crippen molar-refractivity contribution >= 4 is 5.91 Å². The molecule has 2 aromatic rings. The second-order valence-corrected chi connectivity index (χ2v) is 5.34. The lowest BCUT2D eigenvalue weighted by molar-refractivity contribution is -0.121. The van der Waals surface area contributed by atoms with Crippen LogP contribution in [0.5, 0.6) is 0 Å². The van der Waals surface area contributed by atoms with Crippen LogP contribution >= 0.6 is 0 Å². The first-order valence-corrected chi connectivity index (χ1v) is 7.37. The van der Waals surface area contributed by atoms with Crippen LogP contribution in [-0.4, -0.2) is 28.3 Å². The van der Waals surface area contributed by atoms with Gasteiger partial charge in [-0.05, 0) is 43.7 Å². The molecule has 1 aromatic heterocycles. The summed E-state index contributed by atoms with van der Waals surface area (Å²) in [5.41, 5.74) is 7.28. The van der Waals surface area contributed by atoms with Gasteiger partial charge in [0.2, 0.25) is 5.91 Å². The van der Waals surface area contributed by atoms with E-state index in [0.29, 0.717) is 25.8 Å². The van der Waals surface area contributed by atoms with E-state index >= 15 is 0 Å². The van der Waals surface area contributed by atoms with Crippen LogP contribution in [0.3, 0.4) is 0 Å². The Morgan fingerprint density at radius 1 is 1.36 bits per heavy atom. The Morgan fingerprint density at radius 2 is 2.09 bits per heavy atom. The third kappa shape index (κ3) is 4.96. The maximum atomic E-state index is 12.9. The van der Waals surface area contributed by atoms with Crippen LogP contribution < -0.4 is 11.1 Å². The highest BCUT2D eigenvalue weighted by Crippen LogP contribution is 2.09. The largest absolute Gasteiger partial charge is 0.356 e. The minimum Gasteiger partial charge on any atom is -0.356 e. The molecule has 1 amide bonds. The number of rotatable bonds is 7. The summed E-state index contributed by atoms with van der Waals surface area (Å²) in [5, 5.41) is 7.25. The zero-order valence-electron chi connectivity index (χ0n) is 12.6. The van der Waals surface area contributed by atoms with E-state index in [1.807, 2.05) is 19.2 Å². The van der Waals surface area contributed by atoms with Gasteiger partial charge in [0, 0.05) is 31.6 Å². The lowest BCUT2D eigenvalue weighted by Crippen LogP contribution is -2.27. The second kappa shape index (κ2) is 7.70. The van der Waals surface area contributed by atoms with Crippen molar-refractivity contribution in [2.45, 2.75) is 32.2 Å². The van der Waals surface area contributed by atoms with E-state index in [-0.39, 0.29) is 17.8 Å². The summed E-state index contributed by atoms with van der Waals surface area (Å²) in [6.07, 6.45) is 3.60. The SMILES string of the molecule is CC(N)CCC(=O)NCCc1ccn(-c2ccc(F)cc2)n1. The summed E-state index contributed by atoms with van der Waals surface area (Å²) >= 11 is 0. The molecular formula is C16H21FN4O. The molecule has 1 atom stereocenters. The molecule has 1 heterocycles.